The third-order valence-corrected chi connectivity index (χ3v) is 3.75. The van der Waals surface area contributed by atoms with E-state index in [9.17, 15) is 14.7 Å². The van der Waals surface area contributed by atoms with Crippen LogP contribution in [-0.4, -0.2) is 25.8 Å². The molecule has 0 fully saturated rings. The number of nitrogens with one attached hydrogen (secondary N) is 2. The predicted molar refractivity (Wildman–Crippen MR) is 84.6 cm³/mol. The molecule has 7 heteroatoms. The zero-order chi connectivity index (χ0) is 16.6. The number of hydrogen-bond donors (Lipinski definition) is 4. The molecule has 0 aliphatic heterocycles. The summed E-state index contributed by atoms with van der Waals surface area (Å²) in [7, 11) is 0. The highest BCUT2D eigenvalue weighted by molar-refractivity contribution is 5.62. The van der Waals surface area contributed by atoms with Crippen LogP contribution in [0.15, 0.2) is 9.59 Å². The molecule has 120 valence electrons. The highest BCUT2D eigenvalue weighted by Gasteiger charge is 2.36. The molecular formula is C14H26N4O3. The van der Waals surface area contributed by atoms with Gasteiger partial charge in [0, 0.05) is 6.54 Å². The molecule has 0 aliphatic carbocycles. The lowest BCUT2D eigenvalue weighted by atomic mass is 9.86. The first-order valence-electron chi connectivity index (χ1n) is 7.00. The molecule has 5 N–H and O–H groups in total. The highest BCUT2D eigenvalue weighted by Crippen LogP contribution is 2.26. The van der Waals surface area contributed by atoms with Gasteiger partial charge in [-0.3, -0.25) is 14.3 Å². The van der Waals surface area contributed by atoms with Crippen molar-refractivity contribution in [3.05, 3.63) is 20.8 Å². The molecule has 0 saturated carbocycles. The summed E-state index contributed by atoms with van der Waals surface area (Å²) in [5.74, 6) is 0.279. The van der Waals surface area contributed by atoms with Gasteiger partial charge in [0.2, 0.25) is 0 Å². The maximum absolute atomic E-state index is 12.0. The Labute approximate surface area is 124 Å². The first kappa shape index (κ1) is 17.3. The quantitative estimate of drug-likeness (QED) is 0.640. The number of aromatic amines is 1. The number of H-pyrrole nitrogens is 1. The van der Waals surface area contributed by atoms with E-state index in [1.807, 2.05) is 13.8 Å². The van der Waals surface area contributed by atoms with E-state index in [0.29, 0.717) is 6.54 Å². The van der Waals surface area contributed by atoms with Crippen molar-refractivity contribution in [1.29, 1.82) is 0 Å². The smallest absolute Gasteiger partial charge is 0.330 e. The molecular weight excluding hydrogens is 272 g/mol. The number of nitrogen functional groups attached to an aromatic ring is 1. The number of anilines is 2. The van der Waals surface area contributed by atoms with Crippen LogP contribution in [0.1, 0.15) is 41.5 Å². The largest absolute Gasteiger partial charge is 0.388 e. The summed E-state index contributed by atoms with van der Waals surface area (Å²) in [6.07, 6.45) is 0. The summed E-state index contributed by atoms with van der Waals surface area (Å²) in [4.78, 5) is 26.1. The second kappa shape index (κ2) is 5.55. The average molecular weight is 298 g/mol. The summed E-state index contributed by atoms with van der Waals surface area (Å²) in [5, 5.41) is 13.1. The number of rotatable bonds is 5. The molecule has 1 rings (SSSR count). The van der Waals surface area contributed by atoms with Crippen LogP contribution < -0.4 is 22.3 Å². The minimum atomic E-state index is -1.09. The standard InChI is InChI=1S/C14H26N4O3/c1-8(2)7-18-10(15)9(11(19)16-12(18)20)17-13(3,4)14(5,6)21/h8,17,21H,7,15H2,1-6H3,(H,16,19,20). The molecule has 0 saturated heterocycles. The van der Waals surface area contributed by atoms with Crippen molar-refractivity contribution >= 4 is 11.5 Å². The molecule has 7 nitrogen and oxygen atoms in total. The van der Waals surface area contributed by atoms with E-state index in [2.05, 4.69) is 10.3 Å². The summed E-state index contributed by atoms with van der Waals surface area (Å²) < 4.78 is 1.33. The monoisotopic (exact) mass is 298 g/mol. The number of nitrogens with zero attached hydrogens (tertiary/aromatic N) is 1. The minimum absolute atomic E-state index is 0.0785. The second-order valence-corrected chi connectivity index (χ2v) is 6.83. The maximum Gasteiger partial charge on any atom is 0.330 e. The summed E-state index contributed by atoms with van der Waals surface area (Å²) in [6, 6.07) is 0. The third kappa shape index (κ3) is 3.66. The van der Waals surface area contributed by atoms with Gasteiger partial charge in [-0.15, -0.1) is 0 Å². The van der Waals surface area contributed by atoms with Crippen molar-refractivity contribution in [2.24, 2.45) is 5.92 Å². The van der Waals surface area contributed by atoms with E-state index in [4.69, 9.17) is 5.73 Å². The van der Waals surface area contributed by atoms with Crippen LogP contribution in [-0.2, 0) is 6.54 Å². The molecule has 0 aromatic carbocycles. The first-order chi connectivity index (χ1) is 9.36. The molecule has 0 aliphatic rings. The van der Waals surface area contributed by atoms with Gasteiger partial charge in [-0.2, -0.15) is 0 Å². The third-order valence-electron chi connectivity index (χ3n) is 3.75. The van der Waals surface area contributed by atoms with E-state index in [0.717, 1.165) is 0 Å². The SMILES string of the molecule is CC(C)Cn1c(N)c(NC(C)(C)C(C)(C)O)c(=O)[nH]c1=O. The zero-order valence-corrected chi connectivity index (χ0v) is 13.6. The van der Waals surface area contributed by atoms with Crippen molar-refractivity contribution in [2.75, 3.05) is 11.1 Å². The van der Waals surface area contributed by atoms with Crippen molar-refractivity contribution in [3.63, 3.8) is 0 Å². The number of aromatic nitrogens is 2. The molecule has 0 atom stereocenters. The van der Waals surface area contributed by atoms with Gasteiger partial charge in [-0.05, 0) is 33.6 Å². The Morgan fingerprint density at radius 1 is 1.29 bits per heavy atom. The van der Waals surface area contributed by atoms with Crippen molar-refractivity contribution in [2.45, 2.75) is 59.2 Å². The predicted octanol–water partition coefficient (Wildman–Crippen LogP) is 0.736. The van der Waals surface area contributed by atoms with Gasteiger partial charge in [0.15, 0.2) is 0 Å². The lowest BCUT2D eigenvalue weighted by molar-refractivity contribution is 0.0240. The fourth-order valence-corrected chi connectivity index (χ4v) is 1.72. The van der Waals surface area contributed by atoms with E-state index in [1.165, 1.54) is 4.57 Å². The van der Waals surface area contributed by atoms with Gasteiger partial charge in [0.05, 0.1) is 11.1 Å². The van der Waals surface area contributed by atoms with Gasteiger partial charge >= 0.3 is 5.69 Å². The second-order valence-electron chi connectivity index (χ2n) is 6.83. The fourth-order valence-electron chi connectivity index (χ4n) is 1.72. The molecule has 0 radical (unpaired) electrons. The lowest BCUT2D eigenvalue weighted by Crippen LogP contribution is -2.52. The molecule has 21 heavy (non-hydrogen) atoms. The molecule has 1 heterocycles. The Kier molecular flexibility index (Phi) is 4.57. The van der Waals surface area contributed by atoms with E-state index >= 15 is 0 Å². The Balaban J connectivity index is 3.38. The van der Waals surface area contributed by atoms with Crippen LogP contribution in [0.5, 0.6) is 0 Å². The first-order valence-corrected chi connectivity index (χ1v) is 7.00. The summed E-state index contributed by atoms with van der Waals surface area (Å²) in [5.41, 5.74) is 3.06. The maximum atomic E-state index is 12.0. The van der Waals surface area contributed by atoms with Gasteiger partial charge in [-0.25, -0.2) is 4.79 Å². The molecule has 1 aromatic rings. The normalized spacial score (nSPS) is 12.8. The molecule has 1 aromatic heterocycles. The Hall–Kier alpha value is -1.76. The summed E-state index contributed by atoms with van der Waals surface area (Å²) in [6.45, 7) is 11.1. The minimum Gasteiger partial charge on any atom is -0.388 e. The van der Waals surface area contributed by atoms with Crippen molar-refractivity contribution in [1.82, 2.24) is 9.55 Å². The number of aliphatic hydroxyl groups is 1. The highest BCUT2D eigenvalue weighted by atomic mass is 16.3. The number of nitrogens with two attached hydrogens (primary N) is 1. The van der Waals surface area contributed by atoms with E-state index in [-0.39, 0.29) is 17.4 Å². The van der Waals surface area contributed by atoms with Crippen molar-refractivity contribution < 1.29 is 5.11 Å². The van der Waals surface area contributed by atoms with Crippen LogP contribution in [0.2, 0.25) is 0 Å². The van der Waals surface area contributed by atoms with E-state index < -0.39 is 22.4 Å². The lowest BCUT2D eigenvalue weighted by Gasteiger charge is -2.38. The van der Waals surface area contributed by atoms with Crippen LogP contribution in [0.25, 0.3) is 0 Å². The zero-order valence-electron chi connectivity index (χ0n) is 13.6. The Bertz CT molecular complexity index is 621. The molecule has 0 bridgehead atoms. The van der Waals surface area contributed by atoms with Gasteiger partial charge < -0.3 is 16.2 Å². The van der Waals surface area contributed by atoms with Crippen LogP contribution in [0.3, 0.4) is 0 Å². The topological polar surface area (TPSA) is 113 Å². The molecule has 0 unspecified atom stereocenters. The van der Waals surface area contributed by atoms with Gasteiger partial charge in [0.1, 0.15) is 11.5 Å². The molecule has 0 spiro atoms. The average Bonchev–Trinajstić information content (AvgIpc) is 2.28. The van der Waals surface area contributed by atoms with Gasteiger partial charge in [0.25, 0.3) is 5.56 Å². The Morgan fingerprint density at radius 2 is 1.81 bits per heavy atom. The van der Waals surface area contributed by atoms with Crippen LogP contribution in [0.4, 0.5) is 11.5 Å². The number of hydrogen-bond acceptors (Lipinski definition) is 5. The van der Waals surface area contributed by atoms with Crippen LogP contribution in [0, 0.1) is 5.92 Å². The van der Waals surface area contributed by atoms with Crippen molar-refractivity contribution in [3.8, 4) is 0 Å². The Morgan fingerprint density at radius 3 is 2.24 bits per heavy atom. The molecule has 0 amide bonds. The fraction of sp³-hybridized carbons (Fsp3) is 0.714. The van der Waals surface area contributed by atoms with E-state index in [1.54, 1.807) is 27.7 Å². The summed E-state index contributed by atoms with van der Waals surface area (Å²) >= 11 is 0. The van der Waals surface area contributed by atoms with Gasteiger partial charge in [-0.1, -0.05) is 13.8 Å². The van der Waals surface area contributed by atoms with Crippen LogP contribution >= 0.6 is 0 Å².